The summed E-state index contributed by atoms with van der Waals surface area (Å²) in [6.45, 7) is 4.25. The van der Waals surface area contributed by atoms with Gasteiger partial charge in [-0.25, -0.2) is 0 Å². The van der Waals surface area contributed by atoms with E-state index in [0.29, 0.717) is 28.6 Å². The van der Waals surface area contributed by atoms with Gasteiger partial charge in [-0.1, -0.05) is 50.2 Å². The zero-order valence-corrected chi connectivity index (χ0v) is 19.3. The minimum atomic E-state index is -0.382. The van der Waals surface area contributed by atoms with Crippen LogP contribution in [0.4, 0.5) is 11.4 Å². The van der Waals surface area contributed by atoms with Crippen molar-refractivity contribution >= 4 is 17.3 Å². The van der Waals surface area contributed by atoms with Gasteiger partial charge in [0.25, 0.3) is 11.5 Å². The van der Waals surface area contributed by atoms with Gasteiger partial charge < -0.3 is 15.4 Å². The molecule has 3 aromatic carbocycles. The molecule has 1 amide bonds. The summed E-state index contributed by atoms with van der Waals surface area (Å²) in [5, 5.41) is 10.1. The number of benzene rings is 3. The van der Waals surface area contributed by atoms with E-state index in [0.717, 1.165) is 0 Å². The van der Waals surface area contributed by atoms with Crippen molar-refractivity contribution in [3.63, 3.8) is 0 Å². The van der Waals surface area contributed by atoms with E-state index >= 15 is 0 Å². The van der Waals surface area contributed by atoms with Crippen LogP contribution in [0.2, 0.25) is 0 Å². The number of aromatic nitrogens is 2. The van der Waals surface area contributed by atoms with Crippen LogP contribution in [0.3, 0.4) is 0 Å². The van der Waals surface area contributed by atoms with Crippen molar-refractivity contribution in [3.05, 3.63) is 107 Å². The molecule has 0 radical (unpaired) electrons. The molecular weight excluding hydrogens is 428 g/mol. The van der Waals surface area contributed by atoms with E-state index in [9.17, 15) is 9.59 Å². The number of ether oxygens (including phenoxy) is 1. The number of nitrogens with zero attached hydrogens (tertiary/aromatic N) is 2. The summed E-state index contributed by atoms with van der Waals surface area (Å²) in [6, 6.07) is 23.8. The summed E-state index contributed by atoms with van der Waals surface area (Å²) < 4.78 is 7.37. The van der Waals surface area contributed by atoms with Crippen molar-refractivity contribution in [1.29, 1.82) is 0 Å². The quantitative estimate of drug-likeness (QED) is 0.398. The topological polar surface area (TPSA) is 85.2 Å². The first-order valence-corrected chi connectivity index (χ1v) is 11.0. The number of amides is 1. The third-order valence-corrected chi connectivity index (χ3v) is 5.34. The second-order valence-electron chi connectivity index (χ2n) is 8.05. The summed E-state index contributed by atoms with van der Waals surface area (Å²) in [7, 11) is 1.57. The number of para-hydroxylation sites is 1. The van der Waals surface area contributed by atoms with Gasteiger partial charge in [-0.3, -0.25) is 9.59 Å². The molecule has 0 spiro atoms. The summed E-state index contributed by atoms with van der Waals surface area (Å²) in [5.41, 5.74) is 2.69. The lowest BCUT2D eigenvalue weighted by Crippen LogP contribution is -2.24. The highest BCUT2D eigenvalue weighted by Gasteiger charge is 2.16. The summed E-state index contributed by atoms with van der Waals surface area (Å²) >= 11 is 0. The number of rotatable bonds is 7. The molecule has 0 saturated heterocycles. The fraction of sp³-hybridized carbons (Fsp3) is 0.148. The van der Waals surface area contributed by atoms with Gasteiger partial charge >= 0.3 is 0 Å². The highest BCUT2D eigenvalue weighted by Crippen LogP contribution is 2.30. The third-order valence-electron chi connectivity index (χ3n) is 5.34. The first-order valence-electron chi connectivity index (χ1n) is 11.0. The molecule has 2 N–H and O–H groups in total. The van der Waals surface area contributed by atoms with Crippen LogP contribution in [0.1, 0.15) is 35.7 Å². The Bertz CT molecular complexity index is 1350. The van der Waals surface area contributed by atoms with E-state index in [4.69, 9.17) is 4.74 Å². The number of hydrogen-bond donors (Lipinski definition) is 2. The zero-order chi connectivity index (χ0) is 24.1. The maximum atomic E-state index is 13.5. The molecule has 0 aliphatic heterocycles. The minimum absolute atomic E-state index is 0.209. The third kappa shape index (κ3) is 4.99. The Balaban J connectivity index is 1.76. The molecule has 0 atom stereocenters. The van der Waals surface area contributed by atoms with E-state index in [1.54, 1.807) is 43.4 Å². The Hall–Kier alpha value is -4.39. The first-order chi connectivity index (χ1) is 16.5. The van der Waals surface area contributed by atoms with Crippen LogP contribution >= 0.6 is 0 Å². The largest absolute Gasteiger partial charge is 0.453 e. The minimum Gasteiger partial charge on any atom is -0.453 e. The fourth-order valence-corrected chi connectivity index (χ4v) is 3.46. The average Bonchev–Trinajstić information content (AvgIpc) is 2.87. The van der Waals surface area contributed by atoms with Crippen LogP contribution < -0.4 is 20.9 Å². The van der Waals surface area contributed by atoms with E-state index in [1.165, 1.54) is 16.4 Å². The number of hydrogen-bond acceptors (Lipinski definition) is 5. The Morgan fingerprint density at radius 2 is 1.71 bits per heavy atom. The van der Waals surface area contributed by atoms with Crippen molar-refractivity contribution in [2.24, 2.45) is 0 Å². The van der Waals surface area contributed by atoms with Gasteiger partial charge in [0.1, 0.15) is 5.75 Å². The zero-order valence-electron chi connectivity index (χ0n) is 19.3. The van der Waals surface area contributed by atoms with Crippen molar-refractivity contribution < 1.29 is 9.53 Å². The number of anilines is 2. The normalized spacial score (nSPS) is 10.7. The SMILES string of the molecule is CNC(=O)c1cccc(Nc2c(Oc3ccc(C(C)C)cc3)cnn(-c3ccccc3)c2=O)c1. The second-order valence-corrected chi connectivity index (χ2v) is 8.05. The Kier molecular flexibility index (Phi) is 6.73. The van der Waals surface area contributed by atoms with Crippen molar-refractivity contribution in [3.8, 4) is 17.2 Å². The maximum absolute atomic E-state index is 13.5. The number of carbonyl (C=O) groups is 1. The lowest BCUT2D eigenvalue weighted by molar-refractivity contribution is 0.0963. The molecule has 0 bridgehead atoms. The first kappa shape index (κ1) is 22.8. The molecule has 4 rings (SSSR count). The van der Waals surface area contributed by atoms with E-state index in [-0.39, 0.29) is 22.9 Å². The summed E-state index contributed by atoms with van der Waals surface area (Å²) in [6.07, 6.45) is 1.51. The van der Waals surface area contributed by atoms with Crippen LogP contribution in [-0.2, 0) is 0 Å². The molecule has 0 aliphatic rings. The molecule has 1 heterocycles. The van der Waals surface area contributed by atoms with Gasteiger partial charge in [-0.2, -0.15) is 9.78 Å². The van der Waals surface area contributed by atoms with Gasteiger partial charge in [0, 0.05) is 18.3 Å². The van der Waals surface area contributed by atoms with Crippen LogP contribution in [0, 0.1) is 0 Å². The van der Waals surface area contributed by atoms with Crippen LogP contribution in [-0.4, -0.2) is 22.7 Å². The summed E-state index contributed by atoms with van der Waals surface area (Å²) in [5.74, 6) is 1.04. The van der Waals surface area contributed by atoms with Gasteiger partial charge in [-0.05, 0) is 53.9 Å². The number of nitrogens with one attached hydrogen (secondary N) is 2. The molecule has 34 heavy (non-hydrogen) atoms. The van der Waals surface area contributed by atoms with Crippen molar-refractivity contribution in [2.75, 3.05) is 12.4 Å². The van der Waals surface area contributed by atoms with Gasteiger partial charge in [0.15, 0.2) is 11.4 Å². The highest BCUT2D eigenvalue weighted by atomic mass is 16.5. The van der Waals surface area contributed by atoms with Crippen molar-refractivity contribution in [1.82, 2.24) is 15.1 Å². The van der Waals surface area contributed by atoms with Crippen LogP contribution in [0.25, 0.3) is 5.69 Å². The molecule has 4 aromatic rings. The maximum Gasteiger partial charge on any atom is 0.299 e. The molecule has 0 saturated carbocycles. The second kappa shape index (κ2) is 10.0. The smallest absolute Gasteiger partial charge is 0.299 e. The fourth-order valence-electron chi connectivity index (χ4n) is 3.46. The van der Waals surface area contributed by atoms with Crippen LogP contribution in [0.5, 0.6) is 11.5 Å². The van der Waals surface area contributed by atoms with Crippen LogP contribution in [0.15, 0.2) is 89.9 Å². The Morgan fingerprint density at radius 3 is 2.38 bits per heavy atom. The molecule has 7 nitrogen and oxygen atoms in total. The summed E-state index contributed by atoms with van der Waals surface area (Å²) in [4.78, 5) is 25.6. The molecule has 1 aromatic heterocycles. The van der Waals surface area contributed by atoms with E-state index < -0.39 is 0 Å². The van der Waals surface area contributed by atoms with Crippen molar-refractivity contribution in [2.45, 2.75) is 19.8 Å². The van der Waals surface area contributed by atoms with E-state index in [2.05, 4.69) is 29.6 Å². The van der Waals surface area contributed by atoms with Gasteiger partial charge in [-0.15, -0.1) is 0 Å². The van der Waals surface area contributed by atoms with Gasteiger partial charge in [0.05, 0.1) is 11.9 Å². The molecule has 172 valence electrons. The molecular formula is C27H26N4O3. The highest BCUT2D eigenvalue weighted by molar-refractivity contribution is 5.95. The monoisotopic (exact) mass is 454 g/mol. The van der Waals surface area contributed by atoms with E-state index in [1.807, 2.05) is 42.5 Å². The standard InChI is InChI=1S/C27H26N4O3/c1-18(2)19-12-14-23(15-13-19)34-24-17-29-31(22-10-5-4-6-11-22)27(33)25(24)30-21-9-7-8-20(16-21)26(32)28-3/h4-18,30H,1-3H3,(H,28,32). The van der Waals surface area contributed by atoms with Gasteiger partial charge in [0.2, 0.25) is 0 Å². The predicted octanol–water partition coefficient (Wildman–Crippen LogP) is 5.25. The lowest BCUT2D eigenvalue weighted by atomic mass is 10.0. The Morgan fingerprint density at radius 1 is 0.971 bits per heavy atom. The molecule has 7 heteroatoms. The Labute approximate surface area is 198 Å². The molecule has 0 aliphatic carbocycles. The number of carbonyl (C=O) groups excluding carboxylic acids is 1. The predicted molar refractivity (Wildman–Crippen MR) is 134 cm³/mol. The molecule has 0 fully saturated rings. The lowest BCUT2D eigenvalue weighted by Gasteiger charge is -2.15. The average molecular weight is 455 g/mol. The molecule has 0 unspecified atom stereocenters.